The molecule has 1 aliphatic heterocycles. The highest BCUT2D eigenvalue weighted by molar-refractivity contribution is 5.78. The maximum atomic E-state index is 10.7. The van der Waals surface area contributed by atoms with Crippen molar-refractivity contribution < 1.29 is 9.21 Å². The van der Waals surface area contributed by atoms with E-state index in [0.29, 0.717) is 12.3 Å². The van der Waals surface area contributed by atoms with Crippen molar-refractivity contribution >= 4 is 5.91 Å². The van der Waals surface area contributed by atoms with Gasteiger partial charge in [0.1, 0.15) is 6.04 Å². The van der Waals surface area contributed by atoms with E-state index in [0.717, 1.165) is 6.42 Å². The van der Waals surface area contributed by atoms with Crippen molar-refractivity contribution in [3.05, 3.63) is 12.3 Å². The third kappa shape index (κ3) is 1.09. The molecule has 1 fully saturated rings. The summed E-state index contributed by atoms with van der Waals surface area (Å²) in [4.78, 5) is 10.7. The first-order valence-electron chi connectivity index (χ1n) is 3.41. The van der Waals surface area contributed by atoms with Crippen LogP contribution in [0.15, 0.2) is 10.8 Å². The Kier molecular flexibility index (Phi) is 1.34. The topological polar surface area (TPSA) is 68.0 Å². The highest BCUT2D eigenvalue weighted by atomic mass is 16.4. The molecule has 0 saturated carbocycles. The third-order valence-electron chi connectivity index (χ3n) is 1.67. The van der Waals surface area contributed by atoms with E-state index in [9.17, 15) is 4.79 Å². The monoisotopic (exact) mass is 153 g/mol. The first-order valence-corrected chi connectivity index (χ1v) is 3.41. The fraction of sp³-hybridized carbons (Fsp3) is 0.500. The number of nitrogens with one attached hydrogen (secondary N) is 1. The minimum atomic E-state index is -0.0648. The number of aromatic nitrogens is 2. The Morgan fingerprint density at radius 1 is 1.73 bits per heavy atom. The van der Waals surface area contributed by atoms with Gasteiger partial charge in [-0.15, -0.1) is 10.2 Å². The Labute approximate surface area is 62.8 Å². The first kappa shape index (κ1) is 6.33. The van der Waals surface area contributed by atoms with Crippen LogP contribution in [0.3, 0.4) is 0 Å². The lowest BCUT2D eigenvalue weighted by Gasteiger charge is -2.01. The molecule has 5 heteroatoms. The second kappa shape index (κ2) is 2.34. The normalized spacial score (nSPS) is 23.6. The second-order valence-corrected chi connectivity index (χ2v) is 2.44. The number of nitrogens with zero attached hydrogens (tertiary/aromatic N) is 2. The SMILES string of the molecule is O=C1CCC(c2nnco2)N1. The number of amides is 1. The van der Waals surface area contributed by atoms with Gasteiger partial charge < -0.3 is 9.73 Å². The second-order valence-electron chi connectivity index (χ2n) is 2.44. The molecule has 1 N–H and O–H groups in total. The smallest absolute Gasteiger partial charge is 0.238 e. The summed E-state index contributed by atoms with van der Waals surface area (Å²) in [6.07, 6.45) is 2.56. The van der Waals surface area contributed by atoms with Crippen LogP contribution in [0.5, 0.6) is 0 Å². The van der Waals surface area contributed by atoms with Crippen LogP contribution < -0.4 is 5.32 Å². The van der Waals surface area contributed by atoms with E-state index in [4.69, 9.17) is 4.42 Å². The summed E-state index contributed by atoms with van der Waals surface area (Å²) in [6, 6.07) is -0.0648. The van der Waals surface area contributed by atoms with Crippen molar-refractivity contribution in [2.75, 3.05) is 0 Å². The molecule has 1 saturated heterocycles. The van der Waals surface area contributed by atoms with Crippen molar-refractivity contribution in [1.82, 2.24) is 15.5 Å². The van der Waals surface area contributed by atoms with E-state index >= 15 is 0 Å². The Balaban J connectivity index is 2.13. The maximum Gasteiger partial charge on any atom is 0.238 e. The molecular weight excluding hydrogens is 146 g/mol. The van der Waals surface area contributed by atoms with E-state index in [1.54, 1.807) is 0 Å². The fourth-order valence-corrected chi connectivity index (χ4v) is 1.13. The summed E-state index contributed by atoms with van der Waals surface area (Å²) in [5.41, 5.74) is 0. The van der Waals surface area contributed by atoms with Crippen molar-refractivity contribution in [2.24, 2.45) is 0 Å². The molecule has 1 aliphatic rings. The van der Waals surface area contributed by atoms with E-state index in [1.807, 2.05) is 0 Å². The van der Waals surface area contributed by atoms with Crippen LogP contribution >= 0.6 is 0 Å². The summed E-state index contributed by atoms with van der Waals surface area (Å²) < 4.78 is 4.93. The van der Waals surface area contributed by atoms with Gasteiger partial charge in [-0.3, -0.25) is 4.79 Å². The van der Waals surface area contributed by atoms with Crippen molar-refractivity contribution in [3.63, 3.8) is 0 Å². The molecule has 0 bridgehead atoms. The molecule has 0 aromatic carbocycles. The zero-order valence-electron chi connectivity index (χ0n) is 5.78. The van der Waals surface area contributed by atoms with Gasteiger partial charge in [0.25, 0.3) is 0 Å². The number of carbonyl (C=O) groups is 1. The molecule has 11 heavy (non-hydrogen) atoms. The van der Waals surface area contributed by atoms with Gasteiger partial charge >= 0.3 is 0 Å². The fourth-order valence-electron chi connectivity index (χ4n) is 1.13. The van der Waals surface area contributed by atoms with Gasteiger partial charge in [-0.05, 0) is 6.42 Å². The largest absolute Gasteiger partial charge is 0.426 e. The molecule has 1 unspecified atom stereocenters. The van der Waals surface area contributed by atoms with Crippen molar-refractivity contribution in [3.8, 4) is 0 Å². The Morgan fingerprint density at radius 3 is 3.18 bits per heavy atom. The average Bonchev–Trinajstić information content (AvgIpc) is 2.55. The standard InChI is InChI=1S/C6H7N3O2/c10-5-2-1-4(8-5)6-9-7-3-11-6/h3-4H,1-2H2,(H,8,10). The van der Waals surface area contributed by atoms with Gasteiger partial charge in [0.05, 0.1) is 0 Å². The van der Waals surface area contributed by atoms with Crippen LogP contribution in [0.25, 0.3) is 0 Å². The Bertz CT molecular complexity index is 257. The third-order valence-corrected chi connectivity index (χ3v) is 1.67. The van der Waals surface area contributed by atoms with Crippen LogP contribution in [-0.4, -0.2) is 16.1 Å². The quantitative estimate of drug-likeness (QED) is 0.617. The molecule has 0 spiro atoms. The van der Waals surface area contributed by atoms with Gasteiger partial charge in [-0.2, -0.15) is 0 Å². The lowest BCUT2D eigenvalue weighted by molar-refractivity contribution is -0.119. The molecule has 0 aliphatic carbocycles. The molecule has 1 aromatic rings. The van der Waals surface area contributed by atoms with E-state index in [1.165, 1.54) is 6.39 Å². The first-order chi connectivity index (χ1) is 5.36. The Hall–Kier alpha value is -1.39. The van der Waals surface area contributed by atoms with E-state index in [-0.39, 0.29) is 11.9 Å². The summed E-state index contributed by atoms with van der Waals surface area (Å²) in [7, 11) is 0. The summed E-state index contributed by atoms with van der Waals surface area (Å²) in [5, 5.41) is 9.95. The molecule has 1 aromatic heterocycles. The van der Waals surface area contributed by atoms with Gasteiger partial charge in [0.2, 0.25) is 18.2 Å². The number of rotatable bonds is 1. The van der Waals surface area contributed by atoms with Crippen LogP contribution in [-0.2, 0) is 4.79 Å². The zero-order chi connectivity index (χ0) is 7.68. The summed E-state index contributed by atoms with van der Waals surface area (Å²) in [5.74, 6) is 0.545. The van der Waals surface area contributed by atoms with Crippen molar-refractivity contribution in [1.29, 1.82) is 0 Å². The molecule has 5 nitrogen and oxygen atoms in total. The summed E-state index contributed by atoms with van der Waals surface area (Å²) in [6.45, 7) is 0. The number of hydrogen-bond acceptors (Lipinski definition) is 4. The predicted octanol–water partition coefficient (Wildman–Crippen LogP) is 0.0207. The Morgan fingerprint density at radius 2 is 2.64 bits per heavy atom. The van der Waals surface area contributed by atoms with Crippen LogP contribution in [0.1, 0.15) is 24.8 Å². The van der Waals surface area contributed by atoms with Gasteiger partial charge in [0.15, 0.2) is 0 Å². The number of carbonyl (C=O) groups excluding carboxylic acids is 1. The molecule has 2 rings (SSSR count). The van der Waals surface area contributed by atoms with Gasteiger partial charge in [-0.1, -0.05) is 0 Å². The van der Waals surface area contributed by atoms with E-state index in [2.05, 4.69) is 15.5 Å². The minimum absolute atomic E-state index is 0.0493. The highest BCUT2D eigenvalue weighted by Crippen LogP contribution is 2.20. The molecular formula is C6H7N3O2. The minimum Gasteiger partial charge on any atom is -0.426 e. The highest BCUT2D eigenvalue weighted by Gasteiger charge is 2.25. The molecule has 2 heterocycles. The predicted molar refractivity (Wildman–Crippen MR) is 34.4 cm³/mol. The molecule has 1 amide bonds. The maximum absolute atomic E-state index is 10.7. The molecule has 0 radical (unpaired) electrons. The zero-order valence-corrected chi connectivity index (χ0v) is 5.78. The molecule has 58 valence electrons. The summed E-state index contributed by atoms with van der Waals surface area (Å²) >= 11 is 0. The van der Waals surface area contributed by atoms with Crippen LogP contribution in [0, 0.1) is 0 Å². The van der Waals surface area contributed by atoms with Crippen LogP contribution in [0.4, 0.5) is 0 Å². The van der Waals surface area contributed by atoms with Gasteiger partial charge in [0, 0.05) is 6.42 Å². The van der Waals surface area contributed by atoms with Crippen LogP contribution in [0.2, 0.25) is 0 Å². The molecule has 1 atom stereocenters. The van der Waals surface area contributed by atoms with E-state index < -0.39 is 0 Å². The lowest BCUT2D eigenvalue weighted by atomic mass is 10.2. The van der Waals surface area contributed by atoms with Gasteiger partial charge in [-0.25, -0.2) is 0 Å². The van der Waals surface area contributed by atoms with Crippen molar-refractivity contribution in [2.45, 2.75) is 18.9 Å². The average molecular weight is 153 g/mol. The lowest BCUT2D eigenvalue weighted by Crippen LogP contribution is -2.18. The number of hydrogen-bond donors (Lipinski definition) is 1.